The summed E-state index contributed by atoms with van der Waals surface area (Å²) in [5.41, 5.74) is 5.19. The van der Waals surface area contributed by atoms with Gasteiger partial charge in [0.15, 0.2) is 5.65 Å². The normalized spacial score (nSPS) is 16.0. The number of pyridine rings is 2. The molecule has 0 aliphatic carbocycles. The molecule has 2 unspecified atom stereocenters. The number of nitrogens with zero attached hydrogens (tertiary/aromatic N) is 5. The van der Waals surface area contributed by atoms with Crippen LogP contribution in [0, 0.1) is 6.92 Å². The van der Waals surface area contributed by atoms with Crippen LogP contribution in [0.15, 0.2) is 24.5 Å². The van der Waals surface area contributed by atoms with Gasteiger partial charge in [0, 0.05) is 67.8 Å². The number of fused-ring (bicyclic) bond motifs is 1. The first-order valence-electron chi connectivity index (χ1n) is 14.9. The number of carbonyl (C=O) groups excluding carboxylic acids is 1. The Morgan fingerprint density at radius 2 is 1.77 bits per heavy atom. The van der Waals surface area contributed by atoms with Crippen molar-refractivity contribution in [2.45, 2.75) is 100 Å². The second kappa shape index (κ2) is 18.2. The van der Waals surface area contributed by atoms with E-state index in [0.717, 1.165) is 31.3 Å². The van der Waals surface area contributed by atoms with Crippen LogP contribution in [0.5, 0.6) is 5.88 Å². The molecule has 0 saturated carbocycles. The second-order valence-corrected chi connectivity index (χ2v) is 9.58. The summed E-state index contributed by atoms with van der Waals surface area (Å²) in [6.07, 6.45) is 7.38. The molecule has 9 nitrogen and oxygen atoms in total. The predicted molar refractivity (Wildman–Crippen MR) is 169 cm³/mol. The van der Waals surface area contributed by atoms with Gasteiger partial charge in [-0.3, -0.25) is 14.5 Å². The lowest BCUT2D eigenvalue weighted by Crippen LogP contribution is -2.54. The molecule has 2 N–H and O–H groups in total. The highest BCUT2D eigenvalue weighted by atomic mass is 16.5. The Hall–Kier alpha value is -3.20. The maximum absolute atomic E-state index is 11.6. The molecule has 4 heterocycles. The molecule has 0 bridgehead atoms. The van der Waals surface area contributed by atoms with Crippen molar-refractivity contribution >= 4 is 28.3 Å². The second-order valence-electron chi connectivity index (χ2n) is 9.58. The fraction of sp³-hybridized carbons (Fsp3) is 0.613. The lowest BCUT2D eigenvalue weighted by Gasteiger charge is -2.38. The Kier molecular flexibility index (Phi) is 15.9. The van der Waals surface area contributed by atoms with Gasteiger partial charge in [-0.25, -0.2) is 0 Å². The van der Waals surface area contributed by atoms with Crippen LogP contribution in [-0.2, 0) is 18.3 Å². The number of rotatable bonds is 7. The van der Waals surface area contributed by atoms with Crippen molar-refractivity contribution in [3.8, 4) is 5.88 Å². The molecule has 9 heteroatoms. The van der Waals surface area contributed by atoms with Gasteiger partial charge in [-0.1, -0.05) is 48.0 Å². The first-order valence-corrected chi connectivity index (χ1v) is 14.9. The van der Waals surface area contributed by atoms with Crippen LogP contribution < -0.4 is 20.3 Å². The van der Waals surface area contributed by atoms with Gasteiger partial charge in [-0.05, 0) is 51.3 Å². The summed E-state index contributed by atoms with van der Waals surface area (Å²) in [5.74, 6) is 0.339. The lowest BCUT2D eigenvalue weighted by molar-refractivity contribution is -0.116. The lowest BCUT2D eigenvalue weighted by atomic mass is 10.0. The minimum absolute atomic E-state index is 0.0409. The number of aryl methyl sites for hydroxylation is 2. The molecule has 1 aliphatic heterocycles. The third kappa shape index (κ3) is 10.1. The zero-order chi connectivity index (χ0) is 30.2. The van der Waals surface area contributed by atoms with Crippen molar-refractivity contribution in [2.75, 3.05) is 30.4 Å². The van der Waals surface area contributed by atoms with E-state index in [4.69, 9.17) is 4.74 Å². The summed E-state index contributed by atoms with van der Waals surface area (Å²) in [7, 11) is 3.34. The molecule has 1 saturated heterocycles. The topological polar surface area (TPSA) is 97.2 Å². The Morgan fingerprint density at radius 3 is 2.35 bits per heavy atom. The number of methoxy groups -OCH3 is 1. The van der Waals surface area contributed by atoms with E-state index in [1.807, 2.05) is 60.1 Å². The van der Waals surface area contributed by atoms with Gasteiger partial charge in [0.1, 0.15) is 5.69 Å². The van der Waals surface area contributed by atoms with Gasteiger partial charge in [0.25, 0.3) is 0 Å². The zero-order valence-corrected chi connectivity index (χ0v) is 26.8. The smallest absolute Gasteiger partial charge is 0.239 e. The molecule has 1 fully saturated rings. The fourth-order valence-corrected chi connectivity index (χ4v) is 4.70. The van der Waals surface area contributed by atoms with E-state index < -0.39 is 0 Å². The van der Waals surface area contributed by atoms with Crippen molar-refractivity contribution in [3.63, 3.8) is 0 Å². The van der Waals surface area contributed by atoms with Crippen LogP contribution in [-0.4, -0.2) is 57.9 Å². The molecule has 0 radical (unpaired) electrons. The van der Waals surface area contributed by atoms with Crippen molar-refractivity contribution in [2.24, 2.45) is 7.05 Å². The number of aromatic nitrogens is 4. The first kappa shape index (κ1) is 34.8. The largest absolute Gasteiger partial charge is 0.479 e. The van der Waals surface area contributed by atoms with Crippen LogP contribution in [0.2, 0.25) is 0 Å². The van der Waals surface area contributed by atoms with Crippen LogP contribution in [0.4, 0.5) is 11.4 Å². The maximum atomic E-state index is 11.6. The number of carbonyl (C=O) groups is 1. The highest BCUT2D eigenvalue weighted by molar-refractivity contribution is 5.94. The van der Waals surface area contributed by atoms with E-state index in [-0.39, 0.29) is 5.91 Å². The quantitative estimate of drug-likeness (QED) is 0.353. The summed E-state index contributed by atoms with van der Waals surface area (Å²) in [6.45, 7) is 21.0. The van der Waals surface area contributed by atoms with E-state index in [2.05, 4.69) is 64.4 Å². The zero-order valence-electron chi connectivity index (χ0n) is 26.8. The summed E-state index contributed by atoms with van der Waals surface area (Å²) >= 11 is 0. The van der Waals surface area contributed by atoms with Crippen LogP contribution in [0.25, 0.3) is 11.0 Å². The molecule has 2 atom stereocenters. The standard InChI is InChI=1S/C15H25N3.C12H16N4O2.2C2H6/c1-5-6-14-13(4)16-8-7-15(14)18-9-11(2)17-12(3)10-18;1-4-5-10(17)13-9-6-8-7-16(2)15-11(8)14-12(9)18-3;2*1-2/h7-8,11-12,17H,5-6,9-10H2,1-4H3;6-7H,4-5H2,1-3H3,(H,13,17);2*1-2H3. The van der Waals surface area contributed by atoms with E-state index in [1.165, 1.54) is 30.5 Å². The van der Waals surface area contributed by atoms with E-state index >= 15 is 0 Å². The third-order valence-electron chi connectivity index (χ3n) is 6.16. The van der Waals surface area contributed by atoms with Gasteiger partial charge in [-0.2, -0.15) is 10.1 Å². The highest BCUT2D eigenvalue weighted by Gasteiger charge is 2.23. The third-order valence-corrected chi connectivity index (χ3v) is 6.16. The Balaban J connectivity index is 0.000000356. The Morgan fingerprint density at radius 1 is 1.12 bits per heavy atom. The monoisotopic (exact) mass is 555 g/mol. The molecule has 1 aliphatic rings. The number of piperazine rings is 1. The molecule has 3 aromatic rings. The highest BCUT2D eigenvalue weighted by Crippen LogP contribution is 2.27. The van der Waals surface area contributed by atoms with Crippen molar-refractivity contribution in [1.29, 1.82) is 0 Å². The van der Waals surface area contributed by atoms with Crippen LogP contribution in [0.3, 0.4) is 0 Å². The molecule has 0 aromatic carbocycles. The SMILES string of the molecule is CC.CC.CCCC(=O)Nc1cc2cn(C)nc2nc1OC.CCCc1c(N2CC(C)NC(C)C2)ccnc1C. The molecule has 40 heavy (non-hydrogen) atoms. The molecule has 3 aromatic heterocycles. The first-order chi connectivity index (χ1) is 19.2. The molecule has 0 spiro atoms. The number of hydrogen-bond donors (Lipinski definition) is 2. The minimum atomic E-state index is -0.0409. The molecular weight excluding hydrogens is 502 g/mol. The van der Waals surface area contributed by atoms with E-state index in [0.29, 0.717) is 35.7 Å². The number of amides is 1. The average Bonchev–Trinajstić information content (AvgIpc) is 3.30. The Labute approximate surface area is 242 Å². The van der Waals surface area contributed by atoms with Gasteiger partial charge in [-0.15, -0.1) is 0 Å². The van der Waals surface area contributed by atoms with Gasteiger partial charge in [0.05, 0.1) is 7.11 Å². The van der Waals surface area contributed by atoms with Crippen molar-refractivity contribution < 1.29 is 9.53 Å². The van der Waals surface area contributed by atoms with E-state index in [1.54, 1.807) is 4.68 Å². The fourth-order valence-electron chi connectivity index (χ4n) is 4.70. The molecular formula is C31H53N7O2. The van der Waals surface area contributed by atoms with Gasteiger partial charge >= 0.3 is 0 Å². The van der Waals surface area contributed by atoms with Crippen molar-refractivity contribution in [1.82, 2.24) is 25.1 Å². The summed E-state index contributed by atoms with van der Waals surface area (Å²) in [4.78, 5) is 22.8. The molecule has 1 amide bonds. The predicted octanol–water partition coefficient (Wildman–Crippen LogP) is 6.30. The van der Waals surface area contributed by atoms with Crippen LogP contribution in [0.1, 0.15) is 85.9 Å². The van der Waals surface area contributed by atoms with Gasteiger partial charge < -0.3 is 20.3 Å². The number of ether oxygens (including phenoxy) is 1. The average molecular weight is 556 g/mol. The van der Waals surface area contributed by atoms with Crippen LogP contribution >= 0.6 is 0 Å². The molecule has 4 rings (SSSR count). The van der Waals surface area contributed by atoms with E-state index in [9.17, 15) is 4.79 Å². The van der Waals surface area contributed by atoms with Gasteiger partial charge in [0.2, 0.25) is 11.8 Å². The van der Waals surface area contributed by atoms with Crippen molar-refractivity contribution in [3.05, 3.63) is 35.8 Å². The number of anilines is 2. The maximum Gasteiger partial charge on any atom is 0.239 e. The number of nitrogens with one attached hydrogen (secondary N) is 2. The summed E-state index contributed by atoms with van der Waals surface area (Å²) in [6, 6.07) is 5.11. The Bertz CT molecular complexity index is 1150. The molecule has 224 valence electrons. The number of hydrogen-bond acceptors (Lipinski definition) is 7. The summed E-state index contributed by atoms with van der Waals surface area (Å²) < 4.78 is 6.84. The minimum Gasteiger partial charge on any atom is -0.479 e. The summed E-state index contributed by atoms with van der Waals surface area (Å²) in [5, 5.41) is 11.4.